The Morgan fingerprint density at radius 3 is 2.78 bits per heavy atom. The third-order valence-electron chi connectivity index (χ3n) is 5.22. The molecule has 3 heterocycles. The van der Waals surface area contributed by atoms with E-state index in [0.29, 0.717) is 28.0 Å². The van der Waals surface area contributed by atoms with Crippen molar-refractivity contribution in [2.24, 2.45) is 4.99 Å². The van der Waals surface area contributed by atoms with Gasteiger partial charge in [0, 0.05) is 22.1 Å². The van der Waals surface area contributed by atoms with Crippen LogP contribution in [0, 0.1) is 0 Å². The van der Waals surface area contributed by atoms with Gasteiger partial charge in [0.1, 0.15) is 0 Å². The number of nitrogens with zero attached hydrogens (tertiary/aromatic N) is 2. The number of amidine groups is 1. The summed E-state index contributed by atoms with van der Waals surface area (Å²) >= 11 is 9.64. The largest absolute Gasteiger partial charge is 0.466 e. The molecule has 0 aliphatic carbocycles. The lowest BCUT2D eigenvalue weighted by Crippen LogP contribution is -2.38. The Balaban J connectivity index is 1.58. The van der Waals surface area contributed by atoms with Gasteiger partial charge < -0.3 is 15.0 Å². The van der Waals surface area contributed by atoms with Crippen molar-refractivity contribution >= 4 is 51.7 Å². The van der Waals surface area contributed by atoms with Crippen molar-refractivity contribution in [3.63, 3.8) is 0 Å². The molecule has 0 unspecified atom stereocenters. The van der Waals surface area contributed by atoms with Crippen molar-refractivity contribution in [1.29, 1.82) is 0 Å². The number of aliphatic imine (C=N–C) groups is 1. The Kier molecular flexibility index (Phi) is 7.03. The number of carbonyl (C=O) groups excluding carboxylic acids is 2. The fraction of sp³-hybridized carbons (Fsp3) is 0.261. The van der Waals surface area contributed by atoms with Gasteiger partial charge in [0.15, 0.2) is 5.17 Å². The third kappa shape index (κ3) is 4.62. The van der Waals surface area contributed by atoms with Crippen molar-refractivity contribution < 1.29 is 14.3 Å². The third-order valence-corrected chi connectivity index (χ3v) is 7.39. The fourth-order valence-corrected chi connectivity index (χ4v) is 5.65. The summed E-state index contributed by atoms with van der Waals surface area (Å²) in [6, 6.07) is 10.9. The fourth-order valence-electron chi connectivity index (χ4n) is 3.74. The van der Waals surface area contributed by atoms with Gasteiger partial charge in [0.2, 0.25) is 5.91 Å². The average Bonchev–Trinajstić information content (AvgIpc) is 3.43. The number of hydrogen-bond acceptors (Lipinski definition) is 7. The van der Waals surface area contributed by atoms with Crippen LogP contribution in [0.2, 0.25) is 5.02 Å². The van der Waals surface area contributed by atoms with E-state index in [0.717, 1.165) is 17.7 Å². The number of benzene rings is 1. The molecule has 0 saturated heterocycles. The summed E-state index contributed by atoms with van der Waals surface area (Å²) in [4.78, 5) is 33.2. The van der Waals surface area contributed by atoms with Gasteiger partial charge in [0.25, 0.3) is 0 Å². The summed E-state index contributed by atoms with van der Waals surface area (Å²) in [6.07, 6.45) is 0.967. The number of thiophene rings is 1. The minimum absolute atomic E-state index is 0.0848. The summed E-state index contributed by atoms with van der Waals surface area (Å²) in [5.74, 6) is -0.551. The second-order valence-corrected chi connectivity index (χ2v) is 9.54. The smallest absolute Gasteiger partial charge is 0.338 e. The van der Waals surface area contributed by atoms with E-state index < -0.39 is 12.0 Å². The number of allylic oxidation sites excluding steroid dienone is 1. The Bertz CT molecular complexity index is 1130. The molecule has 1 amide bonds. The number of ether oxygens (including phenoxy) is 1. The van der Waals surface area contributed by atoms with Crippen LogP contribution in [0.3, 0.4) is 0 Å². The summed E-state index contributed by atoms with van der Waals surface area (Å²) in [5.41, 5.74) is 2.51. The van der Waals surface area contributed by atoms with Crippen LogP contribution in [0.15, 0.2) is 69.1 Å². The maximum Gasteiger partial charge on any atom is 0.338 e. The molecule has 1 atom stereocenters. The van der Waals surface area contributed by atoms with Crippen LogP contribution in [0.25, 0.3) is 0 Å². The number of fused-ring (bicyclic) bond motifs is 1. The van der Waals surface area contributed by atoms with E-state index in [9.17, 15) is 9.59 Å². The molecule has 0 spiro atoms. The molecule has 1 N–H and O–H groups in total. The first kappa shape index (κ1) is 22.6. The molecule has 0 radical (unpaired) electrons. The van der Waals surface area contributed by atoms with Crippen LogP contribution in [0.5, 0.6) is 0 Å². The first-order valence-electron chi connectivity index (χ1n) is 10.1. The molecular formula is C23H22ClN3O3S2. The molecule has 0 saturated carbocycles. The normalized spacial score (nSPS) is 17.6. The number of amides is 1. The van der Waals surface area contributed by atoms with Crippen molar-refractivity contribution in [3.05, 3.63) is 79.6 Å². The zero-order chi connectivity index (χ0) is 22.7. The van der Waals surface area contributed by atoms with Crippen molar-refractivity contribution in [3.8, 4) is 0 Å². The molecule has 2 aliphatic heterocycles. The van der Waals surface area contributed by atoms with E-state index in [1.54, 1.807) is 24.3 Å². The molecule has 166 valence electrons. The molecule has 6 nitrogen and oxygen atoms in total. The highest BCUT2D eigenvalue weighted by Crippen LogP contribution is 2.46. The lowest BCUT2D eigenvalue weighted by atomic mass is 9.94. The van der Waals surface area contributed by atoms with E-state index in [1.165, 1.54) is 23.7 Å². The second-order valence-electron chi connectivity index (χ2n) is 7.26. The van der Waals surface area contributed by atoms with E-state index >= 15 is 0 Å². The Morgan fingerprint density at radius 2 is 2.06 bits per heavy atom. The summed E-state index contributed by atoms with van der Waals surface area (Å²) in [5, 5.41) is 8.16. The lowest BCUT2D eigenvalue weighted by Gasteiger charge is -2.36. The van der Waals surface area contributed by atoms with Gasteiger partial charge in [-0.2, -0.15) is 0 Å². The highest BCUT2D eigenvalue weighted by atomic mass is 35.5. The maximum absolute atomic E-state index is 12.7. The van der Waals surface area contributed by atoms with Crippen LogP contribution >= 0.6 is 34.7 Å². The highest BCUT2D eigenvalue weighted by molar-refractivity contribution is 8.16. The van der Waals surface area contributed by atoms with Gasteiger partial charge in [-0.3, -0.25) is 4.79 Å². The molecule has 9 heteroatoms. The summed E-state index contributed by atoms with van der Waals surface area (Å²) < 4.78 is 5.06. The molecule has 2 aromatic rings. The molecular weight excluding hydrogens is 466 g/mol. The van der Waals surface area contributed by atoms with Crippen LogP contribution in [0.4, 0.5) is 0 Å². The number of carbonyl (C=O) groups is 2. The number of esters is 1. The Labute approximate surface area is 200 Å². The molecule has 1 aromatic carbocycles. The first-order chi connectivity index (χ1) is 15.5. The van der Waals surface area contributed by atoms with E-state index in [2.05, 4.69) is 16.4 Å². The molecule has 2 aliphatic rings. The second kappa shape index (κ2) is 9.94. The van der Waals surface area contributed by atoms with Gasteiger partial charge in [-0.25, -0.2) is 9.79 Å². The SMILES string of the molecule is COC(=O)C1=C(C)N=C2SC=C(CC(=O)NCCc3cccs3)N2[C@@H]1c1ccccc1Cl. The Morgan fingerprint density at radius 1 is 1.25 bits per heavy atom. The minimum Gasteiger partial charge on any atom is -0.466 e. The minimum atomic E-state index is -0.524. The lowest BCUT2D eigenvalue weighted by molar-refractivity contribution is -0.136. The van der Waals surface area contributed by atoms with Crippen LogP contribution in [-0.2, 0) is 20.7 Å². The van der Waals surface area contributed by atoms with Crippen LogP contribution in [0.1, 0.15) is 29.8 Å². The van der Waals surface area contributed by atoms with Gasteiger partial charge in [-0.1, -0.05) is 47.6 Å². The van der Waals surface area contributed by atoms with Gasteiger partial charge in [-0.15, -0.1) is 11.3 Å². The predicted octanol–water partition coefficient (Wildman–Crippen LogP) is 4.90. The predicted molar refractivity (Wildman–Crippen MR) is 130 cm³/mol. The quantitative estimate of drug-likeness (QED) is 0.562. The van der Waals surface area contributed by atoms with Crippen LogP contribution < -0.4 is 5.32 Å². The molecule has 1 aromatic heterocycles. The van der Waals surface area contributed by atoms with Gasteiger partial charge in [-0.05, 0) is 41.8 Å². The molecule has 4 rings (SSSR count). The van der Waals surface area contributed by atoms with E-state index in [4.69, 9.17) is 16.3 Å². The zero-order valence-electron chi connectivity index (χ0n) is 17.6. The van der Waals surface area contributed by atoms with Crippen molar-refractivity contribution in [1.82, 2.24) is 10.2 Å². The number of halogens is 1. The monoisotopic (exact) mass is 487 g/mol. The van der Waals surface area contributed by atoms with E-state index in [-0.39, 0.29) is 12.3 Å². The van der Waals surface area contributed by atoms with Crippen LogP contribution in [-0.4, -0.2) is 35.6 Å². The number of rotatable bonds is 7. The van der Waals surface area contributed by atoms with Crippen molar-refractivity contribution in [2.45, 2.75) is 25.8 Å². The van der Waals surface area contributed by atoms with Crippen molar-refractivity contribution in [2.75, 3.05) is 13.7 Å². The first-order valence-corrected chi connectivity index (χ1v) is 12.2. The summed E-state index contributed by atoms with van der Waals surface area (Å²) in [6.45, 7) is 2.36. The topological polar surface area (TPSA) is 71.0 Å². The zero-order valence-corrected chi connectivity index (χ0v) is 20.0. The number of hydrogen-bond donors (Lipinski definition) is 1. The van der Waals surface area contributed by atoms with E-state index in [1.807, 2.05) is 40.0 Å². The Hall–Kier alpha value is -2.55. The highest BCUT2D eigenvalue weighted by Gasteiger charge is 2.41. The number of thioether (sulfide) groups is 1. The summed E-state index contributed by atoms with van der Waals surface area (Å²) in [7, 11) is 1.35. The molecule has 32 heavy (non-hydrogen) atoms. The number of methoxy groups -OCH3 is 1. The average molecular weight is 488 g/mol. The van der Waals surface area contributed by atoms with Gasteiger partial charge >= 0.3 is 5.97 Å². The standard InChI is InChI=1S/C23H22ClN3O3S2/c1-14-20(22(29)30-2)21(17-7-3-4-8-18(17)24)27-15(13-32-23(27)26-14)12-19(28)25-10-9-16-6-5-11-31-16/h3-8,11,13,21H,9-10,12H2,1-2H3,(H,25,28)/t21-/m1/s1. The maximum atomic E-state index is 12.7. The molecule has 0 fully saturated rings. The number of nitrogens with one attached hydrogen (secondary N) is 1. The molecule has 0 bridgehead atoms. The van der Waals surface area contributed by atoms with Gasteiger partial charge in [0.05, 0.1) is 30.8 Å².